The van der Waals surface area contributed by atoms with Gasteiger partial charge in [0.2, 0.25) is 0 Å². The van der Waals surface area contributed by atoms with Gasteiger partial charge >= 0.3 is 0 Å². The third-order valence-corrected chi connectivity index (χ3v) is 0. The van der Waals surface area contributed by atoms with Gasteiger partial charge in [0.25, 0.3) is 0 Å². The maximum Gasteiger partial charge on any atom is -0.0683 e. The third-order valence-electron chi connectivity index (χ3n) is 0. The van der Waals surface area contributed by atoms with Crippen LogP contribution in [0.25, 0.3) is 0 Å². The van der Waals surface area contributed by atoms with Crippen LogP contribution in [0, 0.1) is 0 Å². The molecular formula is C17H52. The van der Waals surface area contributed by atoms with Gasteiger partial charge in [-0.1, -0.05) is 118 Å². The van der Waals surface area contributed by atoms with Gasteiger partial charge in [-0.3, -0.25) is 0 Å². The average molecular weight is 257 g/mol. The Kier molecular flexibility index (Phi) is 0. The Hall–Kier alpha value is 0. The van der Waals surface area contributed by atoms with Crippen molar-refractivity contribution in [1.29, 1.82) is 0 Å². The van der Waals surface area contributed by atoms with E-state index in [1.165, 1.54) is 0 Å². The zero-order valence-electron chi connectivity index (χ0n) is 16.0. The first-order chi connectivity index (χ1) is 8.00. The minimum Gasteiger partial charge on any atom is -0.0776 e. The molecule has 0 aliphatic heterocycles. The summed E-state index contributed by atoms with van der Waals surface area (Å²) in [6.45, 7) is 32.0. The van der Waals surface area contributed by atoms with E-state index in [1.54, 1.807) is 0 Å². The summed E-state index contributed by atoms with van der Waals surface area (Å²) in [6, 6.07) is 0. The highest BCUT2D eigenvalue weighted by molar-refractivity contribution is 3.52. The lowest BCUT2D eigenvalue weighted by Gasteiger charge is -1.07. The SMILES string of the molecule is C.CC.CC.CC.CC.CC.CC.CC.CC. The van der Waals surface area contributed by atoms with Gasteiger partial charge in [-0.25, -0.2) is 0 Å². The molecule has 0 atom stereocenters. The van der Waals surface area contributed by atoms with Gasteiger partial charge in [-0.2, -0.15) is 0 Å². The quantitative estimate of drug-likeness (QED) is 0.406. The molecule has 0 aliphatic carbocycles. The summed E-state index contributed by atoms with van der Waals surface area (Å²) in [6.07, 6.45) is 0. The molecule has 0 fully saturated rings. The Bertz CT molecular complexity index is 0. The molecule has 0 amide bonds. The molecule has 0 aromatic carbocycles. The van der Waals surface area contributed by atoms with Crippen LogP contribution >= 0.6 is 0 Å². The molecule has 0 aromatic rings. The summed E-state index contributed by atoms with van der Waals surface area (Å²) >= 11 is 0. The van der Waals surface area contributed by atoms with Crippen molar-refractivity contribution in [2.75, 3.05) is 0 Å². The maximum atomic E-state index is 2.00. The second kappa shape index (κ2) is 0. The minimum atomic E-state index is 0. The van der Waals surface area contributed by atoms with Crippen molar-refractivity contribution in [3.63, 3.8) is 0 Å². The van der Waals surface area contributed by atoms with Gasteiger partial charge in [0, 0.05) is 0 Å². The lowest BCUT2D eigenvalue weighted by atomic mass is 11.0. The molecule has 0 heterocycles. The molecule has 120 valence electrons. The highest BCUT2D eigenvalue weighted by Gasteiger charge is 0.946. The van der Waals surface area contributed by atoms with Crippen LogP contribution in [-0.2, 0) is 0 Å². The zero-order valence-corrected chi connectivity index (χ0v) is 16.0. The highest BCUT2D eigenvalue weighted by Crippen LogP contribution is 1.16. The van der Waals surface area contributed by atoms with E-state index in [-0.39, 0.29) is 7.43 Å². The van der Waals surface area contributed by atoms with Gasteiger partial charge in [0.05, 0.1) is 0 Å². The Morgan fingerprint density at radius 2 is 0.176 bits per heavy atom. The second-order valence-electron chi connectivity index (χ2n) is 0. The summed E-state index contributed by atoms with van der Waals surface area (Å²) in [5, 5.41) is 0. The van der Waals surface area contributed by atoms with Crippen LogP contribution in [0.2, 0.25) is 0 Å². The van der Waals surface area contributed by atoms with Crippen molar-refractivity contribution in [3.05, 3.63) is 0 Å². The first-order valence-electron chi connectivity index (χ1n) is 8.00. The fraction of sp³-hybridized carbons (Fsp3) is 1.00. The van der Waals surface area contributed by atoms with E-state index in [2.05, 4.69) is 0 Å². The van der Waals surface area contributed by atoms with Crippen molar-refractivity contribution in [1.82, 2.24) is 0 Å². The summed E-state index contributed by atoms with van der Waals surface area (Å²) in [5.74, 6) is 0. The van der Waals surface area contributed by atoms with Crippen LogP contribution in [-0.4, -0.2) is 0 Å². The molecule has 0 N–H and O–H groups in total. The normalized spacial score (nSPS) is 2.82. The Balaban J connectivity index is -0.00000000610. The molecule has 17 heavy (non-hydrogen) atoms. The molecule has 0 nitrogen and oxygen atoms in total. The van der Waals surface area contributed by atoms with E-state index < -0.39 is 0 Å². The van der Waals surface area contributed by atoms with Crippen LogP contribution in [0.5, 0.6) is 0 Å². The van der Waals surface area contributed by atoms with Crippen molar-refractivity contribution in [2.45, 2.75) is 118 Å². The topological polar surface area (TPSA) is 0 Å². The lowest BCUT2D eigenvalue weighted by Crippen LogP contribution is -0.856. The third kappa shape index (κ3) is 0. The maximum absolute atomic E-state index is 2.00. The zero-order chi connectivity index (χ0) is 16.0. The lowest BCUT2D eigenvalue weighted by molar-refractivity contribution is 1.50. The van der Waals surface area contributed by atoms with Crippen LogP contribution in [0.15, 0.2) is 0 Å². The Morgan fingerprint density at radius 3 is 0.176 bits per heavy atom. The summed E-state index contributed by atoms with van der Waals surface area (Å²) < 4.78 is 0. The monoisotopic (exact) mass is 256 g/mol. The molecule has 0 aliphatic rings. The molecule has 0 rings (SSSR count). The molecular weight excluding hydrogens is 204 g/mol. The molecule has 0 aromatic heterocycles. The van der Waals surface area contributed by atoms with Gasteiger partial charge in [-0.15, -0.1) is 0 Å². The number of hydrogen-bond donors (Lipinski definition) is 0. The first kappa shape index (κ1) is 68.0. The predicted octanol–water partition coefficient (Wildman–Crippen LogP) is 8.85. The average Bonchev–Trinajstić information content (AvgIpc) is 2.54. The fourth-order valence-corrected chi connectivity index (χ4v) is 0. The van der Waals surface area contributed by atoms with Gasteiger partial charge in [0.1, 0.15) is 0 Å². The number of rotatable bonds is 0. The van der Waals surface area contributed by atoms with Gasteiger partial charge in [-0.05, 0) is 0 Å². The summed E-state index contributed by atoms with van der Waals surface area (Å²) in [5.41, 5.74) is 0. The van der Waals surface area contributed by atoms with E-state index in [4.69, 9.17) is 0 Å². The molecule has 0 spiro atoms. The van der Waals surface area contributed by atoms with E-state index >= 15 is 0 Å². The van der Waals surface area contributed by atoms with Crippen molar-refractivity contribution >= 4 is 0 Å². The number of hydrogen-bond acceptors (Lipinski definition) is 0. The first-order valence-corrected chi connectivity index (χ1v) is 8.00. The van der Waals surface area contributed by atoms with Crippen LogP contribution in [0.1, 0.15) is 118 Å². The van der Waals surface area contributed by atoms with E-state index in [9.17, 15) is 0 Å². The van der Waals surface area contributed by atoms with E-state index in [1.807, 2.05) is 111 Å². The van der Waals surface area contributed by atoms with Gasteiger partial charge < -0.3 is 0 Å². The molecule has 0 unspecified atom stereocenters. The summed E-state index contributed by atoms with van der Waals surface area (Å²) in [4.78, 5) is 0. The van der Waals surface area contributed by atoms with E-state index in [0.717, 1.165) is 0 Å². The fourth-order valence-electron chi connectivity index (χ4n) is 0. The van der Waals surface area contributed by atoms with Crippen LogP contribution in [0.4, 0.5) is 0 Å². The molecule has 0 bridgehead atoms. The van der Waals surface area contributed by atoms with Crippen LogP contribution in [0.3, 0.4) is 0 Å². The van der Waals surface area contributed by atoms with Crippen molar-refractivity contribution < 1.29 is 0 Å². The summed E-state index contributed by atoms with van der Waals surface area (Å²) in [7, 11) is 0. The second-order valence-corrected chi connectivity index (χ2v) is 0. The minimum absolute atomic E-state index is 0. The van der Waals surface area contributed by atoms with Crippen molar-refractivity contribution in [2.24, 2.45) is 0 Å². The van der Waals surface area contributed by atoms with Gasteiger partial charge in [0.15, 0.2) is 0 Å². The smallest absolute Gasteiger partial charge is 0.0683 e. The molecule has 0 saturated carbocycles. The Morgan fingerprint density at radius 1 is 0.176 bits per heavy atom. The predicted molar refractivity (Wildman–Crippen MR) is 97.5 cm³/mol. The van der Waals surface area contributed by atoms with Crippen LogP contribution < -0.4 is 0 Å². The van der Waals surface area contributed by atoms with Crippen molar-refractivity contribution in [3.8, 4) is 0 Å². The largest absolute Gasteiger partial charge is 0.0776 e. The van der Waals surface area contributed by atoms with E-state index in [0.29, 0.717) is 0 Å². The molecule has 0 radical (unpaired) electrons. The standard InChI is InChI=1S/8C2H6.CH4/c8*1-2;/h8*1-2H3;1H4. The molecule has 0 heteroatoms. The molecule has 0 saturated heterocycles. The Labute approximate surface area is 119 Å². The highest BCUT2D eigenvalue weighted by atomic mass is 13.0.